The van der Waals surface area contributed by atoms with Crippen LogP contribution < -0.4 is 0 Å². The number of aryl methyl sites for hydroxylation is 2. The van der Waals surface area contributed by atoms with Gasteiger partial charge in [0.2, 0.25) is 0 Å². The summed E-state index contributed by atoms with van der Waals surface area (Å²) in [6, 6.07) is 1.74. The van der Waals surface area contributed by atoms with Gasteiger partial charge in [-0.1, -0.05) is 4.49 Å². The van der Waals surface area contributed by atoms with Crippen LogP contribution >= 0.6 is 11.5 Å². The van der Waals surface area contributed by atoms with Gasteiger partial charge in [0.05, 0.1) is 0 Å². The Morgan fingerprint density at radius 3 is 2.65 bits per heavy atom. The number of nitrogens with zero attached hydrogens (tertiary/aromatic N) is 3. The van der Waals surface area contributed by atoms with E-state index in [0.29, 0.717) is 17.1 Å². The highest BCUT2D eigenvalue weighted by molar-refractivity contribution is 7.06. The quantitative estimate of drug-likeness (QED) is 0.830. The Morgan fingerprint density at radius 2 is 2.06 bits per heavy atom. The van der Waals surface area contributed by atoms with E-state index in [1.165, 1.54) is 6.20 Å². The zero-order valence-electron chi connectivity index (χ0n) is 9.07. The van der Waals surface area contributed by atoms with Crippen LogP contribution in [0.4, 0.5) is 8.78 Å². The van der Waals surface area contributed by atoms with Gasteiger partial charge in [0.25, 0.3) is 0 Å². The van der Waals surface area contributed by atoms with E-state index in [1.807, 2.05) is 0 Å². The maximum atomic E-state index is 12.8. The summed E-state index contributed by atoms with van der Waals surface area (Å²) in [5.74, 6) is 0. The van der Waals surface area contributed by atoms with Crippen LogP contribution in [-0.2, 0) is 11.2 Å². The van der Waals surface area contributed by atoms with Crippen molar-refractivity contribution >= 4 is 11.5 Å². The maximum absolute atomic E-state index is 12.8. The summed E-state index contributed by atoms with van der Waals surface area (Å²) in [7, 11) is 0. The molecule has 89 valence electrons. The second-order valence-corrected chi connectivity index (χ2v) is 4.36. The smallest absolute Gasteiger partial charge is 0.261 e. The Kier molecular flexibility index (Phi) is 2.88. The van der Waals surface area contributed by atoms with E-state index < -0.39 is 11.0 Å². The largest absolute Gasteiger partial charge is 0.421 e. The molecule has 7 heteroatoms. The molecule has 17 heavy (non-hydrogen) atoms. The minimum Gasteiger partial charge on any atom is -0.261 e. The minimum absolute atomic E-state index is 0.0833. The van der Waals surface area contributed by atoms with E-state index in [1.54, 1.807) is 19.9 Å². The molecule has 0 aliphatic rings. The average molecular weight is 256 g/mol. The molecule has 0 saturated carbocycles. The van der Waals surface area contributed by atoms with Gasteiger partial charge in [-0.25, -0.2) is 0 Å². The molecule has 2 aromatic heterocycles. The van der Waals surface area contributed by atoms with Crippen LogP contribution in [0.1, 0.15) is 16.1 Å². The summed E-state index contributed by atoms with van der Waals surface area (Å²) in [6.07, 6.45) is -2.75. The number of hydrogen-bond donors (Lipinski definition) is 0. The molecule has 0 bridgehead atoms. The molecular weight excluding hydrogens is 248 g/mol. The normalized spacial score (nSPS) is 11.8. The van der Waals surface area contributed by atoms with Gasteiger partial charge < -0.3 is 0 Å². The molecule has 0 atom stereocenters. The summed E-state index contributed by atoms with van der Waals surface area (Å²) >= 11 is 0.413. The van der Waals surface area contributed by atoms with Gasteiger partial charge in [-0.2, -0.15) is 13.9 Å². The minimum atomic E-state index is -4.18. The lowest BCUT2D eigenvalue weighted by atomic mass is 10.1. The van der Waals surface area contributed by atoms with Crippen molar-refractivity contribution in [2.24, 2.45) is 0 Å². The molecule has 0 saturated heterocycles. The number of halogens is 2. The van der Waals surface area contributed by atoms with Crippen LogP contribution in [-0.4, -0.2) is 14.6 Å². The number of pyridine rings is 1. The monoisotopic (exact) mass is 256 g/mol. The van der Waals surface area contributed by atoms with Crippen molar-refractivity contribution in [1.82, 2.24) is 14.6 Å². The molecule has 4 nitrogen and oxygen atoms in total. The second-order valence-electron chi connectivity index (χ2n) is 3.61. The van der Waals surface area contributed by atoms with Crippen LogP contribution in [0.5, 0.6) is 0 Å². The third kappa shape index (κ3) is 2.29. The summed E-state index contributed by atoms with van der Waals surface area (Å²) in [4.78, 5) is 3.33. The van der Waals surface area contributed by atoms with Gasteiger partial charge in [-0.15, -0.1) is 5.10 Å². The van der Waals surface area contributed by atoms with E-state index in [9.17, 15) is 13.9 Å². The summed E-state index contributed by atoms with van der Waals surface area (Å²) in [5.41, 5.74) is 1.83. The molecule has 2 heterocycles. The summed E-state index contributed by atoms with van der Waals surface area (Å²) < 4.78 is 29.0. The molecule has 1 radical (unpaired) electrons. The molecule has 0 aliphatic carbocycles. The molecule has 0 unspecified atom stereocenters. The molecule has 0 fully saturated rings. The Bertz CT molecular complexity index is 551. The van der Waals surface area contributed by atoms with Crippen molar-refractivity contribution in [2.75, 3.05) is 0 Å². The highest BCUT2D eigenvalue weighted by Crippen LogP contribution is 2.36. The highest BCUT2D eigenvalue weighted by atomic mass is 32.1. The first kappa shape index (κ1) is 12.0. The molecule has 2 rings (SSSR count). The van der Waals surface area contributed by atoms with Crippen molar-refractivity contribution in [2.45, 2.75) is 20.0 Å². The first-order chi connectivity index (χ1) is 7.89. The molecule has 0 amide bonds. The second kappa shape index (κ2) is 4.08. The van der Waals surface area contributed by atoms with Crippen molar-refractivity contribution < 1.29 is 13.9 Å². The van der Waals surface area contributed by atoms with Crippen molar-refractivity contribution in [3.63, 3.8) is 0 Å². The van der Waals surface area contributed by atoms with Crippen LogP contribution in [0.3, 0.4) is 0 Å². The Balaban J connectivity index is 2.58. The fourth-order valence-electron chi connectivity index (χ4n) is 1.50. The molecule has 0 spiro atoms. The van der Waals surface area contributed by atoms with Crippen molar-refractivity contribution in [1.29, 1.82) is 0 Å². The lowest BCUT2D eigenvalue weighted by molar-refractivity contribution is -0.249. The predicted octanol–water partition coefficient (Wildman–Crippen LogP) is 2.70. The van der Waals surface area contributed by atoms with Gasteiger partial charge in [0.1, 0.15) is 5.69 Å². The third-order valence-electron chi connectivity index (χ3n) is 2.25. The van der Waals surface area contributed by atoms with E-state index in [0.717, 1.165) is 11.3 Å². The van der Waals surface area contributed by atoms with Gasteiger partial charge >= 0.3 is 6.11 Å². The molecule has 0 N–H and O–H groups in total. The topological polar surface area (TPSA) is 58.6 Å². The molecule has 2 aromatic rings. The first-order valence-corrected chi connectivity index (χ1v) is 5.51. The van der Waals surface area contributed by atoms with Gasteiger partial charge in [0.15, 0.2) is 4.88 Å². The summed E-state index contributed by atoms with van der Waals surface area (Å²) in [5, 5.41) is 14.3. The summed E-state index contributed by atoms with van der Waals surface area (Å²) in [6.45, 7) is 3.54. The zero-order valence-corrected chi connectivity index (χ0v) is 9.89. The van der Waals surface area contributed by atoms with Crippen LogP contribution in [0, 0.1) is 13.8 Å². The lowest BCUT2D eigenvalue weighted by Gasteiger charge is -2.07. The number of rotatable bonds is 2. The van der Waals surface area contributed by atoms with Gasteiger partial charge in [0, 0.05) is 17.5 Å². The van der Waals surface area contributed by atoms with E-state index in [-0.39, 0.29) is 5.69 Å². The zero-order chi connectivity index (χ0) is 12.6. The molecular formula is C10H8F2N3OS. The van der Waals surface area contributed by atoms with Crippen molar-refractivity contribution in [3.05, 3.63) is 28.4 Å². The van der Waals surface area contributed by atoms with Crippen molar-refractivity contribution in [3.8, 4) is 11.3 Å². The van der Waals surface area contributed by atoms with Crippen LogP contribution in [0.25, 0.3) is 11.3 Å². The fraction of sp³-hybridized carbons (Fsp3) is 0.300. The van der Waals surface area contributed by atoms with Crippen LogP contribution in [0.2, 0.25) is 0 Å². The Morgan fingerprint density at radius 1 is 1.35 bits per heavy atom. The van der Waals surface area contributed by atoms with Crippen LogP contribution in [0.15, 0.2) is 12.3 Å². The molecule has 0 aliphatic heterocycles. The van der Waals surface area contributed by atoms with E-state index >= 15 is 0 Å². The Labute approximate surface area is 100 Å². The number of alkyl halides is 2. The maximum Gasteiger partial charge on any atom is 0.421 e. The lowest BCUT2D eigenvalue weighted by Crippen LogP contribution is -2.09. The van der Waals surface area contributed by atoms with E-state index in [2.05, 4.69) is 14.6 Å². The number of aromatic nitrogens is 3. The third-order valence-corrected chi connectivity index (χ3v) is 3.03. The fourth-order valence-corrected chi connectivity index (χ4v) is 2.05. The standard InChI is InChI=1S/C10H8F2N3OS/c1-5-3-6(2)13-4-7(5)8-9(10(11,12)16)17-15-14-8/h3-4H,1-2H3. The van der Waals surface area contributed by atoms with Gasteiger partial charge in [-0.3, -0.25) is 4.98 Å². The highest BCUT2D eigenvalue weighted by Gasteiger charge is 2.37. The molecule has 0 aromatic carbocycles. The van der Waals surface area contributed by atoms with E-state index in [4.69, 9.17) is 0 Å². The first-order valence-electron chi connectivity index (χ1n) is 4.74. The predicted molar refractivity (Wildman–Crippen MR) is 57.2 cm³/mol. The number of hydrogen-bond acceptors (Lipinski definition) is 4. The van der Waals surface area contributed by atoms with Gasteiger partial charge in [-0.05, 0) is 37.0 Å². The SMILES string of the molecule is Cc1cc(C)c(-c2nnsc2C([O])(F)F)cn1. The average Bonchev–Trinajstić information content (AvgIpc) is 2.65. The Hall–Kier alpha value is -1.47.